The zero-order valence-electron chi connectivity index (χ0n) is 11.3. The quantitative estimate of drug-likeness (QED) is 0.714. The van der Waals surface area contributed by atoms with Crippen molar-refractivity contribution >= 4 is 6.03 Å². The van der Waals surface area contributed by atoms with Gasteiger partial charge >= 0.3 is 6.03 Å². The lowest BCUT2D eigenvalue weighted by Gasteiger charge is -2.48. The van der Waals surface area contributed by atoms with Crippen LogP contribution in [0.1, 0.15) is 40.5 Å². The Bertz CT molecular complexity index is 257. The van der Waals surface area contributed by atoms with Crippen LogP contribution >= 0.6 is 0 Å². The summed E-state index contributed by atoms with van der Waals surface area (Å²) in [7, 11) is 3.55. The molecule has 0 spiro atoms. The molecule has 1 aliphatic heterocycles. The number of hydrogen-bond acceptors (Lipinski definition) is 2. The Labute approximate surface area is 98.8 Å². The smallest absolute Gasteiger partial charge is 0.317 e. The summed E-state index contributed by atoms with van der Waals surface area (Å²) in [6.07, 6.45) is 1.97. The van der Waals surface area contributed by atoms with Crippen LogP contribution in [0.5, 0.6) is 0 Å². The highest BCUT2D eigenvalue weighted by Crippen LogP contribution is 2.30. The van der Waals surface area contributed by atoms with Crippen LogP contribution in [0.2, 0.25) is 0 Å². The summed E-state index contributed by atoms with van der Waals surface area (Å²) in [5.41, 5.74) is 0.156. The van der Waals surface area contributed by atoms with Crippen LogP contribution in [-0.2, 0) is 0 Å². The summed E-state index contributed by atoms with van der Waals surface area (Å²) in [6.45, 7) is 8.77. The number of nitrogens with one attached hydrogen (secondary N) is 2. The minimum Gasteiger partial charge on any atom is -0.341 e. The van der Waals surface area contributed by atoms with E-state index in [0.29, 0.717) is 6.04 Å². The molecule has 0 aromatic heterocycles. The third-order valence-electron chi connectivity index (χ3n) is 3.25. The highest BCUT2D eigenvalue weighted by molar-refractivity contribution is 5.73. The van der Waals surface area contributed by atoms with Gasteiger partial charge in [-0.15, -0.1) is 0 Å². The minimum absolute atomic E-state index is 0.00139. The van der Waals surface area contributed by atoms with E-state index in [0.717, 1.165) is 12.8 Å². The maximum Gasteiger partial charge on any atom is 0.317 e. The fourth-order valence-electron chi connectivity index (χ4n) is 2.88. The topological polar surface area (TPSA) is 44.4 Å². The first kappa shape index (κ1) is 13.3. The first-order chi connectivity index (χ1) is 7.17. The van der Waals surface area contributed by atoms with Crippen molar-refractivity contribution in [2.75, 3.05) is 14.1 Å². The third-order valence-corrected chi connectivity index (χ3v) is 3.25. The fraction of sp³-hybridized carbons (Fsp3) is 0.917. The van der Waals surface area contributed by atoms with E-state index in [9.17, 15) is 4.79 Å². The van der Waals surface area contributed by atoms with Gasteiger partial charge in [-0.05, 0) is 40.5 Å². The fourth-order valence-corrected chi connectivity index (χ4v) is 2.88. The summed E-state index contributed by atoms with van der Waals surface area (Å²) in [4.78, 5) is 13.5. The van der Waals surface area contributed by atoms with Gasteiger partial charge in [-0.25, -0.2) is 4.79 Å². The molecule has 0 saturated carbocycles. The van der Waals surface area contributed by atoms with Crippen LogP contribution in [0.15, 0.2) is 0 Å². The molecular weight excluding hydrogens is 202 g/mol. The van der Waals surface area contributed by atoms with Gasteiger partial charge in [0.15, 0.2) is 0 Å². The van der Waals surface area contributed by atoms with E-state index in [1.807, 2.05) is 11.9 Å². The molecule has 1 aliphatic rings. The molecule has 16 heavy (non-hydrogen) atoms. The molecule has 0 aromatic carbocycles. The van der Waals surface area contributed by atoms with Crippen LogP contribution < -0.4 is 10.6 Å². The maximum absolute atomic E-state index is 11.6. The Kier molecular flexibility index (Phi) is 3.53. The largest absolute Gasteiger partial charge is 0.341 e. The van der Waals surface area contributed by atoms with Crippen LogP contribution in [0, 0.1) is 0 Å². The molecule has 0 unspecified atom stereocenters. The number of urea groups is 1. The number of nitrogens with zero attached hydrogens (tertiary/aromatic N) is 1. The Morgan fingerprint density at radius 1 is 1.25 bits per heavy atom. The van der Waals surface area contributed by atoms with Gasteiger partial charge in [-0.2, -0.15) is 0 Å². The molecular formula is C12H25N3O. The number of carbonyl (C=O) groups is 1. The lowest BCUT2D eigenvalue weighted by Crippen LogP contribution is -2.62. The zero-order valence-corrected chi connectivity index (χ0v) is 11.3. The van der Waals surface area contributed by atoms with Gasteiger partial charge < -0.3 is 15.5 Å². The van der Waals surface area contributed by atoms with E-state index < -0.39 is 0 Å². The van der Waals surface area contributed by atoms with Crippen molar-refractivity contribution in [2.24, 2.45) is 0 Å². The van der Waals surface area contributed by atoms with E-state index in [4.69, 9.17) is 0 Å². The number of hydrogen-bond donors (Lipinski definition) is 2. The molecule has 0 atom stereocenters. The molecule has 0 bridgehead atoms. The molecule has 1 fully saturated rings. The Balaban J connectivity index is 2.78. The minimum atomic E-state index is -0.00139. The van der Waals surface area contributed by atoms with Gasteiger partial charge in [-0.3, -0.25) is 0 Å². The van der Waals surface area contributed by atoms with Gasteiger partial charge in [-0.1, -0.05) is 0 Å². The second-order valence-corrected chi connectivity index (χ2v) is 6.12. The summed E-state index contributed by atoms with van der Waals surface area (Å²) >= 11 is 0. The molecule has 2 amide bonds. The summed E-state index contributed by atoms with van der Waals surface area (Å²) in [5, 5.41) is 6.30. The Morgan fingerprint density at radius 2 is 1.69 bits per heavy atom. The van der Waals surface area contributed by atoms with Crippen LogP contribution in [-0.4, -0.2) is 42.1 Å². The van der Waals surface area contributed by atoms with Crippen molar-refractivity contribution in [3.63, 3.8) is 0 Å². The van der Waals surface area contributed by atoms with Crippen molar-refractivity contribution in [1.29, 1.82) is 0 Å². The maximum atomic E-state index is 11.6. The van der Waals surface area contributed by atoms with Gasteiger partial charge in [0, 0.05) is 31.2 Å². The molecule has 1 rings (SSSR count). The van der Waals surface area contributed by atoms with Gasteiger partial charge in [0.2, 0.25) is 0 Å². The van der Waals surface area contributed by atoms with E-state index >= 15 is 0 Å². The molecule has 1 heterocycles. The molecule has 1 saturated heterocycles. The van der Waals surface area contributed by atoms with E-state index in [1.54, 1.807) is 7.05 Å². The molecule has 2 N–H and O–H groups in total. The van der Waals surface area contributed by atoms with Gasteiger partial charge in [0.1, 0.15) is 0 Å². The normalized spacial score (nSPS) is 23.9. The lowest BCUT2D eigenvalue weighted by molar-refractivity contribution is 0.0952. The Hall–Kier alpha value is -0.770. The van der Waals surface area contributed by atoms with Crippen LogP contribution in [0.3, 0.4) is 0 Å². The molecule has 0 aromatic rings. The van der Waals surface area contributed by atoms with Crippen LogP contribution in [0.4, 0.5) is 4.79 Å². The first-order valence-corrected chi connectivity index (χ1v) is 5.91. The average Bonchev–Trinajstić information content (AvgIpc) is 2.10. The van der Waals surface area contributed by atoms with E-state index in [1.165, 1.54) is 0 Å². The standard InChI is InChI=1S/C12H25N3O/c1-11(2)7-9(8-12(3,4)14-11)15(6)10(16)13-5/h9,14H,7-8H2,1-6H3,(H,13,16). The SMILES string of the molecule is CNC(=O)N(C)C1CC(C)(C)NC(C)(C)C1. The third kappa shape index (κ3) is 3.11. The van der Waals surface area contributed by atoms with Gasteiger partial charge in [0.05, 0.1) is 0 Å². The highest BCUT2D eigenvalue weighted by atomic mass is 16.2. The van der Waals surface area contributed by atoms with Crippen LogP contribution in [0.25, 0.3) is 0 Å². The molecule has 0 aliphatic carbocycles. The number of piperidine rings is 1. The Morgan fingerprint density at radius 3 is 2.06 bits per heavy atom. The van der Waals surface area contributed by atoms with Gasteiger partial charge in [0.25, 0.3) is 0 Å². The predicted octanol–water partition coefficient (Wildman–Crippen LogP) is 1.57. The summed E-state index contributed by atoms with van der Waals surface area (Å²) < 4.78 is 0. The van der Waals surface area contributed by atoms with Crippen molar-refractivity contribution in [2.45, 2.75) is 57.7 Å². The average molecular weight is 227 g/mol. The van der Waals surface area contributed by atoms with Crippen molar-refractivity contribution in [3.05, 3.63) is 0 Å². The summed E-state index contributed by atoms with van der Waals surface area (Å²) in [6, 6.07) is 0.296. The predicted molar refractivity (Wildman–Crippen MR) is 66.5 cm³/mol. The second-order valence-electron chi connectivity index (χ2n) is 6.12. The zero-order chi connectivity index (χ0) is 12.6. The molecule has 0 radical (unpaired) electrons. The van der Waals surface area contributed by atoms with Crippen molar-refractivity contribution in [3.8, 4) is 0 Å². The second kappa shape index (κ2) is 4.24. The molecule has 4 nitrogen and oxygen atoms in total. The molecule has 94 valence electrons. The highest BCUT2D eigenvalue weighted by Gasteiger charge is 2.39. The number of carbonyl (C=O) groups excluding carboxylic acids is 1. The monoisotopic (exact) mass is 227 g/mol. The van der Waals surface area contributed by atoms with E-state index in [2.05, 4.69) is 38.3 Å². The van der Waals surface area contributed by atoms with Crippen molar-refractivity contribution in [1.82, 2.24) is 15.5 Å². The molecule has 4 heteroatoms. The van der Waals surface area contributed by atoms with Crippen molar-refractivity contribution < 1.29 is 4.79 Å². The lowest BCUT2D eigenvalue weighted by atomic mass is 9.79. The number of amides is 2. The number of rotatable bonds is 1. The first-order valence-electron chi connectivity index (χ1n) is 5.91. The van der Waals surface area contributed by atoms with E-state index in [-0.39, 0.29) is 17.1 Å². The summed E-state index contributed by atoms with van der Waals surface area (Å²) in [5.74, 6) is 0.